The number of imidazole rings is 1. The van der Waals surface area contributed by atoms with E-state index in [2.05, 4.69) is 20.9 Å². The Morgan fingerprint density at radius 3 is 2.29 bits per heavy atom. The minimum absolute atomic E-state index is 0.0153. The zero-order valence-corrected chi connectivity index (χ0v) is 38.6. The van der Waals surface area contributed by atoms with Gasteiger partial charge in [-0.1, -0.05) is 71.7 Å². The van der Waals surface area contributed by atoms with Crippen molar-refractivity contribution >= 4 is 46.9 Å². The summed E-state index contributed by atoms with van der Waals surface area (Å²) in [5, 5.41) is 30.9. The molecule has 5 N–H and O–H groups in total. The van der Waals surface area contributed by atoms with E-state index < -0.39 is 60.3 Å². The molecule has 0 bridgehead atoms. The number of nitrogens with one attached hydrogen (secondary N) is 3. The maximum absolute atomic E-state index is 14.4. The first kappa shape index (κ1) is 48.7. The van der Waals surface area contributed by atoms with Gasteiger partial charge in [-0.25, -0.2) is 14.6 Å². The Kier molecular flexibility index (Phi) is 16.8. The minimum Gasteiger partial charge on any atom is -0.480 e. The van der Waals surface area contributed by atoms with E-state index in [-0.39, 0.29) is 13.0 Å². The Morgan fingerprint density at radius 2 is 1.65 bits per heavy atom. The van der Waals surface area contributed by atoms with Crippen LogP contribution < -0.4 is 20.7 Å². The van der Waals surface area contributed by atoms with Crippen LogP contribution in [-0.4, -0.2) is 105 Å². The molecule has 0 radical (unpaired) electrons. The second-order valence-corrected chi connectivity index (χ2v) is 17.8. The Hall–Kier alpha value is -5.77. The summed E-state index contributed by atoms with van der Waals surface area (Å²) in [5.74, 6) is -1.72. The lowest BCUT2D eigenvalue weighted by atomic mass is 9.83. The number of rotatable bonds is 20. The van der Waals surface area contributed by atoms with Gasteiger partial charge in [0.25, 0.3) is 0 Å². The first-order chi connectivity index (χ1) is 31.1. The maximum Gasteiger partial charge on any atom is 0.326 e. The molecule has 3 amide bonds. The number of Topliss-reactive ketones (excluding diaryl/α,β-unsaturated/α-hetero) is 1. The van der Waals surface area contributed by atoms with Gasteiger partial charge in [0.2, 0.25) is 5.91 Å². The first-order valence-corrected chi connectivity index (χ1v) is 22.4. The number of nitrogens with zero attached hydrogens (tertiary/aromatic N) is 4. The number of aromatic nitrogens is 2. The van der Waals surface area contributed by atoms with Gasteiger partial charge in [0.15, 0.2) is 5.78 Å². The van der Waals surface area contributed by atoms with Gasteiger partial charge < -0.3 is 45.3 Å². The molecule has 4 atom stereocenters. The molecular weight excluding hydrogens is 869 g/mol. The van der Waals surface area contributed by atoms with Gasteiger partial charge in [-0.05, 0) is 106 Å². The predicted molar refractivity (Wildman–Crippen MR) is 251 cm³/mol. The van der Waals surface area contributed by atoms with Crippen LogP contribution >= 0.6 is 23.2 Å². The van der Waals surface area contributed by atoms with Crippen LogP contribution in [-0.2, 0) is 47.4 Å². The molecule has 2 heterocycles. The number of aliphatic carboxylic acids is 1. The number of aliphatic hydroxyl groups is 1. The third-order valence-corrected chi connectivity index (χ3v) is 12.2. The molecular formula is C49H57Cl2N7O7. The number of amides is 3. The first-order valence-electron chi connectivity index (χ1n) is 21.6. The molecule has 5 aromatic rings. The number of hydrogen-bond donors (Lipinski definition) is 5. The van der Waals surface area contributed by atoms with Crippen molar-refractivity contribution in [1.29, 1.82) is 0 Å². The van der Waals surface area contributed by atoms with E-state index in [1.807, 2.05) is 61.1 Å². The summed E-state index contributed by atoms with van der Waals surface area (Å²) in [6, 6.07) is 25.3. The third-order valence-electron chi connectivity index (χ3n) is 11.7. The molecule has 4 aromatic carbocycles. The number of urea groups is 1. The highest BCUT2D eigenvalue weighted by atomic mass is 35.5. The summed E-state index contributed by atoms with van der Waals surface area (Å²) in [7, 11) is 5.93. The highest BCUT2D eigenvalue weighted by Gasteiger charge is 2.38. The van der Waals surface area contributed by atoms with Gasteiger partial charge in [-0.3, -0.25) is 9.59 Å². The van der Waals surface area contributed by atoms with Gasteiger partial charge in [-0.2, -0.15) is 0 Å². The fourth-order valence-corrected chi connectivity index (χ4v) is 8.31. The van der Waals surface area contributed by atoms with Gasteiger partial charge in [0.1, 0.15) is 23.4 Å². The number of piperidine rings is 1. The van der Waals surface area contributed by atoms with Gasteiger partial charge >= 0.3 is 12.0 Å². The summed E-state index contributed by atoms with van der Waals surface area (Å²) in [6.07, 6.45) is 3.40. The highest BCUT2D eigenvalue weighted by molar-refractivity contribution is 6.31. The van der Waals surface area contributed by atoms with Gasteiger partial charge in [0.05, 0.1) is 49.1 Å². The van der Waals surface area contributed by atoms with E-state index in [1.165, 1.54) is 11.8 Å². The molecule has 1 aliphatic heterocycles. The van der Waals surface area contributed by atoms with Crippen LogP contribution in [0.1, 0.15) is 48.7 Å². The van der Waals surface area contributed by atoms with Crippen LogP contribution in [0.2, 0.25) is 10.0 Å². The summed E-state index contributed by atoms with van der Waals surface area (Å²) in [4.78, 5) is 63.0. The monoisotopic (exact) mass is 925 g/mol. The number of halogens is 2. The van der Waals surface area contributed by atoms with Crippen molar-refractivity contribution < 1.29 is 34.1 Å². The number of carbonyl (C=O) groups is 4. The fourth-order valence-electron chi connectivity index (χ4n) is 8.02. The molecule has 1 aliphatic rings. The molecule has 344 valence electrons. The summed E-state index contributed by atoms with van der Waals surface area (Å²) < 4.78 is 8.42. The SMILES string of the molecule is C[C@@H](C(=O)C[C@@H](CO)C(=O)N[C@@]1(Cc2ccc(Cl)cc2)CCCNC1)N(Cc1ccc(Cl)cc1Oc1ccc(-c2cnc(CN(C)C)n2C)cc1)C(=O)N[C@@H](Cc1ccccc1)C(=O)O. The average Bonchev–Trinajstić information content (AvgIpc) is 3.64. The van der Waals surface area contributed by atoms with E-state index in [0.717, 1.165) is 35.6 Å². The minimum atomic E-state index is -1.34. The Morgan fingerprint density at radius 1 is 0.938 bits per heavy atom. The topological polar surface area (TPSA) is 178 Å². The number of ketones is 1. The molecule has 6 rings (SSSR count). The Labute approximate surface area is 389 Å². The smallest absolute Gasteiger partial charge is 0.326 e. The quantitative estimate of drug-likeness (QED) is 0.0552. The van der Waals surface area contributed by atoms with Gasteiger partial charge in [0, 0.05) is 47.6 Å². The largest absolute Gasteiger partial charge is 0.480 e. The predicted octanol–water partition coefficient (Wildman–Crippen LogP) is 6.89. The van der Waals surface area contributed by atoms with Crippen molar-refractivity contribution in [2.75, 3.05) is 33.8 Å². The average molecular weight is 927 g/mol. The number of benzene rings is 4. The third kappa shape index (κ3) is 13.2. The van der Waals surface area contributed by atoms with Crippen molar-refractivity contribution in [3.63, 3.8) is 0 Å². The van der Waals surface area contributed by atoms with Crippen molar-refractivity contribution in [3.8, 4) is 22.8 Å². The number of carboxylic acid groups (broad SMARTS) is 1. The number of carbonyl (C=O) groups excluding carboxylic acids is 3. The molecule has 14 nitrogen and oxygen atoms in total. The zero-order valence-electron chi connectivity index (χ0n) is 37.1. The Balaban J connectivity index is 1.24. The normalized spacial score (nSPS) is 16.3. The standard InChI is InChI=1S/C49H57Cl2N7O7/c1-32(43(60)24-37(30-59)46(61)55-49(21-8-22-52-31-49)26-34-11-16-38(50)17-12-34)58(48(64)54-41(47(62)63)23-33-9-6-5-7-10-33)28-36-13-18-39(51)25-44(36)65-40-19-14-35(15-20-40)42-27-53-45(57(42)4)29-56(2)3/h5-7,9-20,25,27,32,37,41,52,59H,8,21-24,26,28-31H2,1-4H3,(H,54,64)(H,55,61)(H,62,63)/t32-,37-,41-,49+/m0/s1. The second-order valence-electron chi connectivity index (χ2n) is 17.0. The molecule has 1 fully saturated rings. The molecule has 16 heteroatoms. The van der Waals surface area contributed by atoms with Crippen LogP contribution in [0.5, 0.6) is 11.5 Å². The molecule has 0 saturated carbocycles. The van der Waals surface area contributed by atoms with E-state index in [4.69, 9.17) is 27.9 Å². The number of hydrogen-bond acceptors (Lipinski definition) is 9. The maximum atomic E-state index is 14.4. The van der Waals surface area contributed by atoms with Crippen molar-refractivity contribution in [1.82, 2.24) is 35.3 Å². The van der Waals surface area contributed by atoms with Gasteiger partial charge in [-0.15, -0.1) is 0 Å². The molecule has 0 aliphatic carbocycles. The van der Waals surface area contributed by atoms with Crippen LogP contribution in [0.25, 0.3) is 11.3 Å². The van der Waals surface area contributed by atoms with E-state index in [9.17, 15) is 29.4 Å². The van der Waals surface area contributed by atoms with Crippen LogP contribution in [0, 0.1) is 5.92 Å². The Bertz CT molecular complexity index is 2410. The van der Waals surface area contributed by atoms with E-state index in [0.29, 0.717) is 58.6 Å². The highest BCUT2D eigenvalue weighted by Crippen LogP contribution is 2.32. The second kappa shape index (κ2) is 22.4. The number of carboxylic acids is 1. The van der Waals surface area contributed by atoms with Crippen molar-refractivity contribution in [2.24, 2.45) is 13.0 Å². The number of aliphatic hydroxyl groups excluding tert-OH is 1. The van der Waals surface area contributed by atoms with Crippen molar-refractivity contribution in [2.45, 2.75) is 69.7 Å². The summed E-state index contributed by atoms with van der Waals surface area (Å²) >= 11 is 12.6. The number of ether oxygens (including phenoxy) is 1. The van der Waals surface area contributed by atoms with Crippen LogP contribution in [0.3, 0.4) is 0 Å². The van der Waals surface area contributed by atoms with E-state index >= 15 is 0 Å². The lowest BCUT2D eigenvalue weighted by molar-refractivity contribution is -0.139. The van der Waals surface area contributed by atoms with Crippen LogP contribution in [0.4, 0.5) is 4.79 Å². The molecule has 65 heavy (non-hydrogen) atoms. The van der Waals surface area contributed by atoms with Crippen LogP contribution in [0.15, 0.2) is 103 Å². The molecule has 0 spiro atoms. The zero-order chi connectivity index (χ0) is 46.7. The summed E-state index contributed by atoms with van der Waals surface area (Å²) in [6.45, 7) is 2.65. The molecule has 1 saturated heterocycles. The molecule has 1 aromatic heterocycles. The lowest BCUT2D eigenvalue weighted by Crippen LogP contribution is -2.60. The molecule has 0 unspecified atom stereocenters. The fraction of sp³-hybridized carbons (Fsp3) is 0.367. The van der Waals surface area contributed by atoms with Crippen molar-refractivity contribution in [3.05, 3.63) is 136 Å². The van der Waals surface area contributed by atoms with E-state index in [1.54, 1.807) is 72.8 Å². The summed E-state index contributed by atoms with van der Waals surface area (Å²) in [5.41, 5.74) is 3.29. The lowest BCUT2D eigenvalue weighted by Gasteiger charge is -2.39.